The van der Waals surface area contributed by atoms with Crippen molar-refractivity contribution in [2.45, 2.75) is 38.1 Å². The van der Waals surface area contributed by atoms with Crippen LogP contribution in [-0.4, -0.2) is 26.7 Å². The van der Waals surface area contributed by atoms with Gasteiger partial charge in [0.05, 0.1) is 0 Å². The summed E-state index contributed by atoms with van der Waals surface area (Å²) >= 11 is 1.12. The van der Waals surface area contributed by atoms with Gasteiger partial charge in [0.2, 0.25) is 5.69 Å². The molecule has 1 aromatic heterocycles. The van der Waals surface area contributed by atoms with E-state index in [4.69, 9.17) is 5.11 Å². The van der Waals surface area contributed by atoms with Crippen LogP contribution in [-0.2, 0) is 0 Å². The summed E-state index contributed by atoms with van der Waals surface area (Å²) in [6.07, 6.45) is 5.93. The molecule has 0 aliphatic heterocycles. The Morgan fingerprint density at radius 1 is 1.40 bits per heavy atom. The van der Waals surface area contributed by atoms with E-state index < -0.39 is 5.97 Å². The average molecular weight is 227 g/mol. The lowest BCUT2D eigenvalue weighted by atomic mass is 9.96. The van der Waals surface area contributed by atoms with Gasteiger partial charge in [-0.3, -0.25) is 0 Å². The van der Waals surface area contributed by atoms with Gasteiger partial charge in [-0.05, 0) is 12.8 Å². The van der Waals surface area contributed by atoms with Gasteiger partial charge in [0.1, 0.15) is 5.00 Å². The van der Waals surface area contributed by atoms with Crippen LogP contribution < -0.4 is 5.32 Å². The fraction of sp³-hybridized carbons (Fsp3) is 0.667. The molecule has 1 saturated carbocycles. The standard InChI is InChI=1S/C9H13N3O2S/c13-9(14)7-8(15-12-11-7)10-6-4-2-1-3-5-6/h6,10H,1-5H2,(H,13,14). The first-order valence-electron chi connectivity index (χ1n) is 5.09. The maximum absolute atomic E-state index is 10.8. The molecule has 15 heavy (non-hydrogen) atoms. The molecule has 0 amide bonds. The molecule has 1 aliphatic rings. The van der Waals surface area contributed by atoms with E-state index in [1.165, 1.54) is 19.3 Å². The number of aromatic nitrogens is 2. The molecule has 1 heterocycles. The minimum Gasteiger partial charge on any atom is -0.476 e. The number of aromatic carboxylic acids is 1. The molecule has 0 unspecified atom stereocenters. The second-order valence-electron chi connectivity index (χ2n) is 3.74. The second kappa shape index (κ2) is 4.57. The van der Waals surface area contributed by atoms with Gasteiger partial charge in [-0.1, -0.05) is 23.8 Å². The number of carboxylic acids is 1. The fourth-order valence-electron chi connectivity index (χ4n) is 1.86. The first-order valence-corrected chi connectivity index (χ1v) is 5.87. The van der Waals surface area contributed by atoms with Crippen LogP contribution in [0.3, 0.4) is 0 Å². The van der Waals surface area contributed by atoms with Crippen LogP contribution in [0, 0.1) is 0 Å². The van der Waals surface area contributed by atoms with Crippen LogP contribution in [0.25, 0.3) is 0 Å². The average Bonchev–Trinajstić information content (AvgIpc) is 2.67. The summed E-state index contributed by atoms with van der Waals surface area (Å²) in [4.78, 5) is 10.8. The summed E-state index contributed by atoms with van der Waals surface area (Å²) in [5, 5.41) is 16.3. The number of carbonyl (C=O) groups is 1. The van der Waals surface area contributed by atoms with E-state index in [0.717, 1.165) is 24.4 Å². The Balaban J connectivity index is 2.03. The predicted octanol–water partition coefficient (Wildman–Crippen LogP) is 1.98. The Kier molecular flexibility index (Phi) is 3.15. The molecule has 1 aliphatic carbocycles. The van der Waals surface area contributed by atoms with E-state index in [1.54, 1.807) is 0 Å². The molecule has 0 radical (unpaired) electrons. The molecule has 2 rings (SSSR count). The van der Waals surface area contributed by atoms with Crippen molar-refractivity contribution in [3.63, 3.8) is 0 Å². The second-order valence-corrected chi connectivity index (χ2v) is 4.49. The van der Waals surface area contributed by atoms with Crippen LogP contribution in [0.5, 0.6) is 0 Å². The van der Waals surface area contributed by atoms with E-state index in [-0.39, 0.29) is 5.69 Å². The third kappa shape index (κ3) is 2.44. The van der Waals surface area contributed by atoms with E-state index in [2.05, 4.69) is 14.9 Å². The van der Waals surface area contributed by atoms with Crippen molar-refractivity contribution in [3.05, 3.63) is 5.69 Å². The van der Waals surface area contributed by atoms with Gasteiger partial charge in [0, 0.05) is 17.6 Å². The third-order valence-corrected chi connectivity index (χ3v) is 3.29. The van der Waals surface area contributed by atoms with Crippen LogP contribution in [0.1, 0.15) is 42.6 Å². The lowest BCUT2D eigenvalue weighted by Gasteiger charge is -2.22. The van der Waals surface area contributed by atoms with Gasteiger partial charge in [-0.2, -0.15) is 0 Å². The smallest absolute Gasteiger partial charge is 0.359 e. The summed E-state index contributed by atoms with van der Waals surface area (Å²) in [6.45, 7) is 0. The maximum Gasteiger partial charge on any atom is 0.359 e. The molecule has 1 fully saturated rings. The Hall–Kier alpha value is -1.17. The SMILES string of the molecule is O=C(O)c1nnsc1NC1CCCCC1. The van der Waals surface area contributed by atoms with Crippen LogP contribution in [0.4, 0.5) is 5.00 Å². The molecule has 2 N–H and O–H groups in total. The van der Waals surface area contributed by atoms with Gasteiger partial charge in [-0.15, -0.1) is 5.10 Å². The van der Waals surface area contributed by atoms with Gasteiger partial charge in [0.15, 0.2) is 0 Å². The molecule has 0 atom stereocenters. The molecular weight excluding hydrogens is 214 g/mol. The Morgan fingerprint density at radius 2 is 2.13 bits per heavy atom. The molecule has 0 aromatic carbocycles. The summed E-state index contributed by atoms with van der Waals surface area (Å²) < 4.78 is 3.66. The molecule has 1 aromatic rings. The highest BCUT2D eigenvalue weighted by atomic mass is 32.1. The van der Waals surface area contributed by atoms with Crippen LogP contribution in [0.2, 0.25) is 0 Å². The summed E-state index contributed by atoms with van der Waals surface area (Å²) in [7, 11) is 0. The molecule has 0 bridgehead atoms. The van der Waals surface area contributed by atoms with Crippen molar-refractivity contribution in [2.75, 3.05) is 5.32 Å². The molecule has 0 saturated heterocycles. The van der Waals surface area contributed by atoms with E-state index in [0.29, 0.717) is 11.0 Å². The first kappa shape index (κ1) is 10.4. The number of nitrogens with zero attached hydrogens (tertiary/aromatic N) is 2. The number of nitrogens with one attached hydrogen (secondary N) is 1. The van der Waals surface area contributed by atoms with Crippen molar-refractivity contribution < 1.29 is 9.90 Å². The topological polar surface area (TPSA) is 75.1 Å². The Labute approximate surface area is 91.7 Å². The monoisotopic (exact) mass is 227 g/mol. The third-order valence-electron chi connectivity index (χ3n) is 2.63. The van der Waals surface area contributed by atoms with E-state index in [9.17, 15) is 4.79 Å². The van der Waals surface area contributed by atoms with Crippen molar-refractivity contribution in [2.24, 2.45) is 0 Å². The molecule has 82 valence electrons. The number of carboxylic acid groups (broad SMARTS) is 1. The molecule has 6 heteroatoms. The number of hydrogen-bond donors (Lipinski definition) is 2. The normalized spacial score (nSPS) is 17.6. The van der Waals surface area contributed by atoms with Gasteiger partial charge in [-0.25, -0.2) is 4.79 Å². The van der Waals surface area contributed by atoms with Crippen molar-refractivity contribution in [1.82, 2.24) is 9.59 Å². The number of anilines is 1. The van der Waals surface area contributed by atoms with Gasteiger partial charge >= 0.3 is 5.97 Å². The lowest BCUT2D eigenvalue weighted by Crippen LogP contribution is -2.22. The number of rotatable bonds is 3. The van der Waals surface area contributed by atoms with Crippen LogP contribution >= 0.6 is 11.5 Å². The maximum atomic E-state index is 10.8. The molecule has 5 nitrogen and oxygen atoms in total. The zero-order valence-electron chi connectivity index (χ0n) is 8.27. The summed E-state index contributed by atoms with van der Waals surface area (Å²) in [5.74, 6) is -1.01. The van der Waals surface area contributed by atoms with Gasteiger partial charge < -0.3 is 10.4 Å². The zero-order valence-corrected chi connectivity index (χ0v) is 9.09. The Bertz CT molecular complexity index is 347. The molecular formula is C9H13N3O2S. The van der Waals surface area contributed by atoms with Gasteiger partial charge in [0.25, 0.3) is 0 Å². The quantitative estimate of drug-likeness (QED) is 0.825. The van der Waals surface area contributed by atoms with Crippen molar-refractivity contribution in [3.8, 4) is 0 Å². The minimum atomic E-state index is -1.01. The highest BCUT2D eigenvalue weighted by Gasteiger charge is 2.19. The highest BCUT2D eigenvalue weighted by Crippen LogP contribution is 2.25. The predicted molar refractivity (Wildman–Crippen MR) is 57.4 cm³/mol. The lowest BCUT2D eigenvalue weighted by molar-refractivity contribution is 0.0691. The fourth-order valence-corrected chi connectivity index (χ4v) is 2.50. The van der Waals surface area contributed by atoms with E-state index in [1.807, 2.05) is 0 Å². The summed E-state index contributed by atoms with van der Waals surface area (Å²) in [5.41, 5.74) is 0.0468. The summed E-state index contributed by atoms with van der Waals surface area (Å²) in [6, 6.07) is 0.388. The largest absolute Gasteiger partial charge is 0.476 e. The van der Waals surface area contributed by atoms with Crippen molar-refractivity contribution in [1.29, 1.82) is 0 Å². The first-order chi connectivity index (χ1) is 7.27. The van der Waals surface area contributed by atoms with E-state index >= 15 is 0 Å². The van der Waals surface area contributed by atoms with Crippen LogP contribution in [0.15, 0.2) is 0 Å². The molecule has 0 spiro atoms. The van der Waals surface area contributed by atoms with Crippen molar-refractivity contribution >= 4 is 22.5 Å². The zero-order chi connectivity index (χ0) is 10.7. The Morgan fingerprint density at radius 3 is 2.80 bits per heavy atom. The minimum absolute atomic E-state index is 0.0468. The highest BCUT2D eigenvalue weighted by molar-refractivity contribution is 7.10. The number of hydrogen-bond acceptors (Lipinski definition) is 5.